The van der Waals surface area contributed by atoms with E-state index in [-0.39, 0.29) is 31.0 Å². The number of nitrogens with zero attached hydrogens (tertiary/aromatic N) is 1. The Morgan fingerprint density at radius 3 is 2.65 bits per heavy atom. The number of hydrogen-bond acceptors (Lipinski definition) is 4. The van der Waals surface area contributed by atoms with Crippen molar-refractivity contribution >= 4 is 17.8 Å². The maximum Gasteiger partial charge on any atom is 0.325 e. The summed E-state index contributed by atoms with van der Waals surface area (Å²) >= 11 is 0. The van der Waals surface area contributed by atoms with E-state index in [1.807, 2.05) is 6.92 Å². The summed E-state index contributed by atoms with van der Waals surface area (Å²) in [4.78, 5) is 37.2. The average Bonchev–Trinajstić information content (AvgIpc) is 2.58. The average molecular weight is 318 g/mol. The van der Waals surface area contributed by atoms with E-state index in [2.05, 4.69) is 5.32 Å². The highest BCUT2D eigenvalue weighted by molar-refractivity contribution is 5.96. The van der Waals surface area contributed by atoms with E-state index in [0.717, 1.165) is 19.3 Å². The first-order chi connectivity index (χ1) is 11.1. The number of esters is 1. The van der Waals surface area contributed by atoms with Crippen molar-refractivity contribution in [3.05, 3.63) is 35.9 Å². The third-order valence-corrected chi connectivity index (χ3v) is 3.91. The van der Waals surface area contributed by atoms with Crippen molar-refractivity contribution in [2.75, 3.05) is 19.7 Å². The number of nitrogens with one attached hydrogen (secondary N) is 1. The Bertz CT molecular complexity index is 559. The SMILES string of the molecule is C[C@H]1CCCCN1C(=O)COC(=O)CNC(=O)c1ccccc1. The monoisotopic (exact) mass is 318 g/mol. The van der Waals surface area contributed by atoms with Crippen molar-refractivity contribution in [2.45, 2.75) is 32.2 Å². The summed E-state index contributed by atoms with van der Waals surface area (Å²) in [5.74, 6) is -1.15. The van der Waals surface area contributed by atoms with Crippen LogP contribution in [0.4, 0.5) is 0 Å². The van der Waals surface area contributed by atoms with Crippen molar-refractivity contribution in [1.82, 2.24) is 10.2 Å². The number of rotatable bonds is 5. The molecule has 1 N–H and O–H groups in total. The Morgan fingerprint density at radius 2 is 1.96 bits per heavy atom. The summed E-state index contributed by atoms with van der Waals surface area (Å²) in [6.07, 6.45) is 3.08. The molecule has 1 aromatic carbocycles. The van der Waals surface area contributed by atoms with Crippen molar-refractivity contribution in [3.63, 3.8) is 0 Å². The molecule has 2 rings (SSSR count). The van der Waals surface area contributed by atoms with Crippen LogP contribution in [0.25, 0.3) is 0 Å². The van der Waals surface area contributed by atoms with Gasteiger partial charge in [-0.15, -0.1) is 0 Å². The highest BCUT2D eigenvalue weighted by atomic mass is 16.5. The molecule has 0 bridgehead atoms. The minimum Gasteiger partial charge on any atom is -0.454 e. The zero-order chi connectivity index (χ0) is 16.7. The number of carbonyl (C=O) groups is 3. The smallest absolute Gasteiger partial charge is 0.325 e. The number of ether oxygens (including phenoxy) is 1. The standard InChI is InChI=1S/C17H22N2O4/c1-13-7-5-6-10-19(13)15(20)12-23-16(21)11-18-17(22)14-8-3-2-4-9-14/h2-4,8-9,13H,5-7,10-12H2,1H3,(H,18,22)/t13-/m0/s1. The van der Waals surface area contributed by atoms with Gasteiger partial charge in [-0.1, -0.05) is 18.2 Å². The molecule has 1 atom stereocenters. The Hall–Kier alpha value is -2.37. The molecule has 1 aliphatic heterocycles. The van der Waals surface area contributed by atoms with Crippen LogP contribution in [0.15, 0.2) is 30.3 Å². The summed E-state index contributed by atoms with van der Waals surface area (Å²) < 4.78 is 4.95. The van der Waals surface area contributed by atoms with Gasteiger partial charge in [0.1, 0.15) is 6.54 Å². The molecule has 2 amide bonds. The number of carbonyl (C=O) groups excluding carboxylic acids is 3. The molecule has 124 valence electrons. The first kappa shape index (κ1) is 17.0. The predicted molar refractivity (Wildman–Crippen MR) is 84.8 cm³/mol. The second-order valence-corrected chi connectivity index (χ2v) is 5.64. The second-order valence-electron chi connectivity index (χ2n) is 5.64. The van der Waals surface area contributed by atoms with Crippen LogP contribution in [0.2, 0.25) is 0 Å². The summed E-state index contributed by atoms with van der Waals surface area (Å²) in [5.41, 5.74) is 0.471. The quantitative estimate of drug-likeness (QED) is 0.832. The Morgan fingerprint density at radius 1 is 1.22 bits per heavy atom. The Balaban J connectivity index is 1.70. The lowest BCUT2D eigenvalue weighted by Gasteiger charge is -2.33. The van der Waals surface area contributed by atoms with Crippen LogP contribution in [0.3, 0.4) is 0 Å². The third kappa shape index (κ3) is 5.09. The number of piperidine rings is 1. The van der Waals surface area contributed by atoms with E-state index in [0.29, 0.717) is 12.1 Å². The van der Waals surface area contributed by atoms with Gasteiger partial charge in [0.15, 0.2) is 6.61 Å². The van der Waals surface area contributed by atoms with Crippen LogP contribution >= 0.6 is 0 Å². The number of hydrogen-bond donors (Lipinski definition) is 1. The van der Waals surface area contributed by atoms with Crippen molar-refractivity contribution < 1.29 is 19.1 Å². The van der Waals surface area contributed by atoms with Gasteiger partial charge in [0.05, 0.1) is 0 Å². The summed E-state index contributed by atoms with van der Waals surface area (Å²) in [7, 11) is 0. The van der Waals surface area contributed by atoms with Crippen LogP contribution < -0.4 is 5.32 Å². The van der Waals surface area contributed by atoms with Crippen LogP contribution in [-0.2, 0) is 14.3 Å². The molecule has 0 saturated carbocycles. The normalized spacial score (nSPS) is 17.4. The van der Waals surface area contributed by atoms with E-state index < -0.39 is 5.97 Å². The van der Waals surface area contributed by atoms with Gasteiger partial charge in [-0.25, -0.2) is 0 Å². The maximum absolute atomic E-state index is 12.0. The molecule has 1 heterocycles. The summed E-state index contributed by atoms with van der Waals surface area (Å²) in [6.45, 7) is 2.18. The van der Waals surface area contributed by atoms with E-state index >= 15 is 0 Å². The fraction of sp³-hybridized carbons (Fsp3) is 0.471. The summed E-state index contributed by atoms with van der Waals surface area (Å²) in [5, 5.41) is 2.47. The van der Waals surface area contributed by atoms with E-state index in [9.17, 15) is 14.4 Å². The predicted octanol–water partition coefficient (Wildman–Crippen LogP) is 1.36. The van der Waals surface area contributed by atoms with E-state index in [1.165, 1.54) is 0 Å². The molecule has 0 radical (unpaired) electrons. The molecule has 0 aromatic heterocycles. The molecule has 0 spiro atoms. The lowest BCUT2D eigenvalue weighted by atomic mass is 10.0. The van der Waals surface area contributed by atoms with Crippen molar-refractivity contribution in [1.29, 1.82) is 0 Å². The Kier molecular flexibility index (Phi) is 6.14. The zero-order valence-corrected chi connectivity index (χ0v) is 13.3. The van der Waals surface area contributed by atoms with E-state index in [1.54, 1.807) is 35.2 Å². The van der Waals surface area contributed by atoms with E-state index in [4.69, 9.17) is 4.74 Å². The van der Waals surface area contributed by atoms with Crippen molar-refractivity contribution in [2.24, 2.45) is 0 Å². The highest BCUT2D eigenvalue weighted by Gasteiger charge is 2.23. The first-order valence-corrected chi connectivity index (χ1v) is 7.86. The van der Waals surface area contributed by atoms with Gasteiger partial charge in [-0.3, -0.25) is 14.4 Å². The molecule has 6 heteroatoms. The van der Waals surface area contributed by atoms with Gasteiger partial charge in [-0.05, 0) is 38.3 Å². The lowest BCUT2D eigenvalue weighted by Crippen LogP contribution is -2.44. The lowest BCUT2D eigenvalue weighted by molar-refractivity contribution is -0.152. The minimum atomic E-state index is -0.618. The molecular formula is C17H22N2O4. The third-order valence-electron chi connectivity index (χ3n) is 3.91. The molecule has 1 saturated heterocycles. The fourth-order valence-electron chi connectivity index (χ4n) is 2.59. The van der Waals surface area contributed by atoms with Crippen LogP contribution in [0, 0.1) is 0 Å². The van der Waals surface area contributed by atoms with Gasteiger partial charge in [-0.2, -0.15) is 0 Å². The van der Waals surface area contributed by atoms with Gasteiger partial charge in [0.25, 0.3) is 11.8 Å². The number of amides is 2. The topological polar surface area (TPSA) is 75.7 Å². The second kappa shape index (κ2) is 8.31. The van der Waals surface area contributed by atoms with Crippen LogP contribution in [-0.4, -0.2) is 48.4 Å². The molecule has 1 aliphatic rings. The summed E-state index contributed by atoms with van der Waals surface area (Å²) in [6, 6.07) is 8.78. The number of likely N-dealkylation sites (tertiary alicyclic amines) is 1. The van der Waals surface area contributed by atoms with Crippen LogP contribution in [0.5, 0.6) is 0 Å². The largest absolute Gasteiger partial charge is 0.454 e. The zero-order valence-electron chi connectivity index (χ0n) is 13.3. The first-order valence-electron chi connectivity index (χ1n) is 7.86. The molecule has 1 fully saturated rings. The minimum absolute atomic E-state index is 0.181. The molecule has 0 aliphatic carbocycles. The molecular weight excluding hydrogens is 296 g/mol. The van der Waals surface area contributed by atoms with Gasteiger partial charge >= 0.3 is 5.97 Å². The number of benzene rings is 1. The molecule has 6 nitrogen and oxygen atoms in total. The van der Waals surface area contributed by atoms with Gasteiger partial charge in [0.2, 0.25) is 0 Å². The highest BCUT2D eigenvalue weighted by Crippen LogP contribution is 2.16. The Labute approximate surface area is 135 Å². The molecule has 0 unspecified atom stereocenters. The van der Waals surface area contributed by atoms with Gasteiger partial charge < -0.3 is 15.0 Å². The molecule has 23 heavy (non-hydrogen) atoms. The van der Waals surface area contributed by atoms with Crippen LogP contribution in [0.1, 0.15) is 36.5 Å². The van der Waals surface area contributed by atoms with Gasteiger partial charge in [0, 0.05) is 18.2 Å². The maximum atomic E-state index is 12.0. The molecule has 1 aromatic rings. The van der Waals surface area contributed by atoms with Crippen molar-refractivity contribution in [3.8, 4) is 0 Å². The fourth-order valence-corrected chi connectivity index (χ4v) is 2.59.